The van der Waals surface area contributed by atoms with Crippen LogP contribution < -0.4 is 0 Å². The molecule has 0 fully saturated rings. The molecule has 1 unspecified atom stereocenters. The summed E-state index contributed by atoms with van der Waals surface area (Å²) < 4.78 is 0. The Labute approximate surface area is 89.0 Å². The predicted molar refractivity (Wildman–Crippen MR) is 60.7 cm³/mol. The second-order valence-electron chi connectivity index (χ2n) is 4.03. The third-order valence-corrected chi connectivity index (χ3v) is 3.14. The summed E-state index contributed by atoms with van der Waals surface area (Å²) >= 11 is 0. The summed E-state index contributed by atoms with van der Waals surface area (Å²) in [5, 5.41) is 10.2. The van der Waals surface area contributed by atoms with E-state index in [4.69, 9.17) is 0 Å². The number of hydrogen-bond donors (Lipinski definition) is 1. The van der Waals surface area contributed by atoms with E-state index in [1.165, 1.54) is 11.1 Å². The molecule has 1 N–H and O–H groups in total. The van der Waals surface area contributed by atoms with Crippen LogP contribution in [-0.2, 0) is 0 Å². The van der Waals surface area contributed by atoms with Crippen LogP contribution in [0.2, 0.25) is 0 Å². The molecule has 0 bridgehead atoms. The smallest absolute Gasteiger partial charge is 0.106 e. The molecule has 0 amide bonds. The van der Waals surface area contributed by atoms with Crippen LogP contribution in [0.1, 0.15) is 22.8 Å². The molecule has 1 aliphatic rings. The van der Waals surface area contributed by atoms with Crippen molar-refractivity contribution in [2.75, 3.05) is 0 Å². The second kappa shape index (κ2) is 2.94. The molecule has 2 aromatic carbocycles. The van der Waals surface area contributed by atoms with Crippen LogP contribution in [0.15, 0.2) is 42.5 Å². The maximum absolute atomic E-state index is 10.2. The summed E-state index contributed by atoms with van der Waals surface area (Å²) in [4.78, 5) is 0. The number of aliphatic hydroxyl groups is 1. The molecule has 0 saturated heterocycles. The molecule has 2 aromatic rings. The molecule has 1 atom stereocenters. The minimum Gasteiger partial charge on any atom is -0.384 e. The van der Waals surface area contributed by atoms with Gasteiger partial charge in [0.05, 0.1) is 0 Å². The van der Waals surface area contributed by atoms with Crippen molar-refractivity contribution in [1.82, 2.24) is 0 Å². The predicted octanol–water partition coefficient (Wildman–Crippen LogP) is 3.06. The Bertz CT molecular complexity index is 529. The Hall–Kier alpha value is -1.60. The fraction of sp³-hybridized carbons (Fsp3) is 0.143. The quantitative estimate of drug-likeness (QED) is 0.686. The Morgan fingerprint density at radius 2 is 1.67 bits per heavy atom. The fourth-order valence-electron chi connectivity index (χ4n) is 2.41. The SMILES string of the molecule is Cc1cccc2c1C(O)c1ccccc1-2. The van der Waals surface area contributed by atoms with E-state index in [1.807, 2.05) is 37.3 Å². The van der Waals surface area contributed by atoms with Crippen LogP contribution >= 0.6 is 0 Å². The number of benzene rings is 2. The highest BCUT2D eigenvalue weighted by Crippen LogP contribution is 2.44. The van der Waals surface area contributed by atoms with Crippen molar-refractivity contribution in [2.45, 2.75) is 13.0 Å². The van der Waals surface area contributed by atoms with Gasteiger partial charge < -0.3 is 5.11 Å². The van der Waals surface area contributed by atoms with Gasteiger partial charge in [-0.05, 0) is 34.7 Å². The molecular weight excluding hydrogens is 184 g/mol. The van der Waals surface area contributed by atoms with Gasteiger partial charge in [0.2, 0.25) is 0 Å². The fourth-order valence-corrected chi connectivity index (χ4v) is 2.41. The second-order valence-corrected chi connectivity index (χ2v) is 4.03. The summed E-state index contributed by atoms with van der Waals surface area (Å²) in [6.07, 6.45) is -0.447. The lowest BCUT2D eigenvalue weighted by molar-refractivity contribution is 0.224. The molecule has 3 rings (SSSR count). The van der Waals surface area contributed by atoms with Crippen molar-refractivity contribution in [3.8, 4) is 11.1 Å². The molecule has 0 aliphatic heterocycles. The number of fused-ring (bicyclic) bond motifs is 3. The van der Waals surface area contributed by atoms with Crippen molar-refractivity contribution in [2.24, 2.45) is 0 Å². The van der Waals surface area contributed by atoms with Gasteiger partial charge in [0.1, 0.15) is 6.10 Å². The highest BCUT2D eigenvalue weighted by Gasteiger charge is 2.27. The van der Waals surface area contributed by atoms with Crippen molar-refractivity contribution in [1.29, 1.82) is 0 Å². The van der Waals surface area contributed by atoms with E-state index in [2.05, 4.69) is 12.1 Å². The van der Waals surface area contributed by atoms with Crippen LogP contribution in [0.4, 0.5) is 0 Å². The zero-order valence-electron chi connectivity index (χ0n) is 8.57. The molecule has 1 heteroatoms. The van der Waals surface area contributed by atoms with Gasteiger partial charge in [0.25, 0.3) is 0 Å². The molecule has 74 valence electrons. The first-order valence-corrected chi connectivity index (χ1v) is 5.16. The molecule has 1 nitrogen and oxygen atoms in total. The van der Waals surface area contributed by atoms with E-state index in [-0.39, 0.29) is 0 Å². The average Bonchev–Trinajstić information content (AvgIpc) is 2.55. The largest absolute Gasteiger partial charge is 0.384 e. The van der Waals surface area contributed by atoms with Crippen molar-refractivity contribution in [3.63, 3.8) is 0 Å². The van der Waals surface area contributed by atoms with E-state index in [0.717, 1.165) is 16.7 Å². The maximum atomic E-state index is 10.2. The average molecular weight is 196 g/mol. The van der Waals surface area contributed by atoms with E-state index in [1.54, 1.807) is 0 Å². The zero-order chi connectivity index (χ0) is 10.4. The Kier molecular flexibility index (Phi) is 1.70. The van der Waals surface area contributed by atoms with Crippen molar-refractivity contribution >= 4 is 0 Å². The van der Waals surface area contributed by atoms with Crippen LogP contribution in [0, 0.1) is 6.92 Å². The van der Waals surface area contributed by atoms with Gasteiger partial charge in [0, 0.05) is 0 Å². The highest BCUT2D eigenvalue weighted by molar-refractivity contribution is 5.79. The molecule has 0 spiro atoms. The summed E-state index contributed by atoms with van der Waals surface area (Å²) in [5.41, 5.74) is 5.61. The standard InChI is InChI=1S/C14H12O/c1-9-5-4-8-11-10-6-2-3-7-12(10)14(15)13(9)11/h2-8,14-15H,1H3. The van der Waals surface area contributed by atoms with Crippen molar-refractivity contribution < 1.29 is 5.11 Å². The van der Waals surface area contributed by atoms with E-state index in [0.29, 0.717) is 0 Å². The van der Waals surface area contributed by atoms with Gasteiger partial charge in [0.15, 0.2) is 0 Å². The Morgan fingerprint density at radius 3 is 2.53 bits per heavy atom. The zero-order valence-corrected chi connectivity index (χ0v) is 8.57. The van der Waals surface area contributed by atoms with E-state index in [9.17, 15) is 5.11 Å². The Balaban J connectivity index is 2.37. The van der Waals surface area contributed by atoms with Crippen LogP contribution in [0.5, 0.6) is 0 Å². The third-order valence-electron chi connectivity index (χ3n) is 3.14. The minimum absolute atomic E-state index is 0.447. The maximum Gasteiger partial charge on any atom is 0.106 e. The molecule has 0 saturated carbocycles. The first-order chi connectivity index (χ1) is 7.29. The van der Waals surface area contributed by atoms with Gasteiger partial charge in [-0.2, -0.15) is 0 Å². The topological polar surface area (TPSA) is 20.2 Å². The number of aliphatic hydroxyl groups excluding tert-OH is 1. The lowest BCUT2D eigenvalue weighted by Crippen LogP contribution is -1.95. The molecule has 0 heterocycles. The van der Waals surface area contributed by atoms with Gasteiger partial charge in [-0.1, -0.05) is 42.5 Å². The van der Waals surface area contributed by atoms with E-state index < -0.39 is 6.10 Å². The number of hydrogen-bond acceptors (Lipinski definition) is 1. The van der Waals surface area contributed by atoms with Crippen LogP contribution in [0.3, 0.4) is 0 Å². The van der Waals surface area contributed by atoms with Gasteiger partial charge in [-0.25, -0.2) is 0 Å². The molecule has 1 aliphatic carbocycles. The minimum atomic E-state index is -0.447. The first-order valence-electron chi connectivity index (χ1n) is 5.16. The lowest BCUT2D eigenvalue weighted by atomic mass is 10.0. The summed E-state index contributed by atoms with van der Waals surface area (Å²) in [5.74, 6) is 0. The third kappa shape index (κ3) is 1.07. The monoisotopic (exact) mass is 196 g/mol. The molecular formula is C14H12O. The van der Waals surface area contributed by atoms with E-state index >= 15 is 0 Å². The van der Waals surface area contributed by atoms with Gasteiger partial charge in [-0.3, -0.25) is 0 Å². The van der Waals surface area contributed by atoms with Crippen molar-refractivity contribution in [3.05, 3.63) is 59.2 Å². The van der Waals surface area contributed by atoms with Crippen LogP contribution in [0.25, 0.3) is 11.1 Å². The summed E-state index contributed by atoms with van der Waals surface area (Å²) in [7, 11) is 0. The first kappa shape index (κ1) is 8.69. The molecule has 0 aromatic heterocycles. The summed E-state index contributed by atoms with van der Waals surface area (Å²) in [6.45, 7) is 2.05. The number of rotatable bonds is 0. The Morgan fingerprint density at radius 1 is 0.933 bits per heavy atom. The van der Waals surface area contributed by atoms with Crippen LogP contribution in [-0.4, -0.2) is 5.11 Å². The normalized spacial score (nSPS) is 17.3. The lowest BCUT2D eigenvalue weighted by Gasteiger charge is -2.07. The molecule has 0 radical (unpaired) electrons. The molecule has 15 heavy (non-hydrogen) atoms. The highest BCUT2D eigenvalue weighted by atomic mass is 16.3. The van der Waals surface area contributed by atoms with Gasteiger partial charge >= 0.3 is 0 Å². The summed E-state index contributed by atoms with van der Waals surface area (Å²) in [6, 6.07) is 14.2. The number of aryl methyl sites for hydroxylation is 1. The van der Waals surface area contributed by atoms with Gasteiger partial charge in [-0.15, -0.1) is 0 Å².